The fourth-order valence-corrected chi connectivity index (χ4v) is 4.04. The van der Waals surface area contributed by atoms with Crippen molar-refractivity contribution in [2.45, 2.75) is 23.6 Å². The van der Waals surface area contributed by atoms with Gasteiger partial charge >= 0.3 is 0 Å². The van der Waals surface area contributed by atoms with Crippen molar-refractivity contribution in [1.29, 1.82) is 0 Å². The average Bonchev–Trinajstić information content (AvgIpc) is 2.85. The van der Waals surface area contributed by atoms with Crippen LogP contribution in [-0.2, 0) is 5.54 Å². The third-order valence-electron chi connectivity index (χ3n) is 3.72. The van der Waals surface area contributed by atoms with Crippen molar-refractivity contribution in [2.24, 2.45) is 16.6 Å². The molecule has 0 spiro atoms. The highest BCUT2D eigenvalue weighted by atomic mass is 32.2. The van der Waals surface area contributed by atoms with E-state index in [4.69, 9.17) is 11.5 Å². The number of halogens is 3. The van der Waals surface area contributed by atoms with E-state index in [0.717, 1.165) is 11.8 Å². The highest BCUT2D eigenvalue weighted by Crippen LogP contribution is 2.66. The van der Waals surface area contributed by atoms with Gasteiger partial charge in [0.15, 0.2) is 5.17 Å². The van der Waals surface area contributed by atoms with Gasteiger partial charge in [0.25, 0.3) is 5.92 Å². The lowest BCUT2D eigenvalue weighted by atomic mass is 9.86. The van der Waals surface area contributed by atoms with Crippen molar-refractivity contribution in [2.75, 3.05) is 5.73 Å². The topological polar surface area (TPSA) is 64.4 Å². The molecular formula is C12H12F3N3S. The van der Waals surface area contributed by atoms with Crippen molar-refractivity contribution in [1.82, 2.24) is 0 Å². The Labute approximate surface area is 112 Å². The molecule has 1 saturated carbocycles. The minimum absolute atomic E-state index is 0.0581. The minimum atomic E-state index is -2.89. The normalized spacial score (nSPS) is 35.5. The molecule has 102 valence electrons. The van der Waals surface area contributed by atoms with E-state index in [2.05, 4.69) is 4.99 Å². The van der Waals surface area contributed by atoms with Crippen LogP contribution < -0.4 is 11.5 Å². The first-order valence-corrected chi connectivity index (χ1v) is 6.60. The lowest BCUT2D eigenvalue weighted by molar-refractivity contribution is 0.0820. The van der Waals surface area contributed by atoms with E-state index in [0.29, 0.717) is 5.69 Å². The SMILES string of the molecule is C[C@]1(c2cc(N)ccc2F)N=C(N)S[C@@H]2[C@H]1C2(F)F. The lowest BCUT2D eigenvalue weighted by Crippen LogP contribution is -2.32. The van der Waals surface area contributed by atoms with Gasteiger partial charge in [0.1, 0.15) is 5.82 Å². The summed E-state index contributed by atoms with van der Waals surface area (Å²) in [6.07, 6.45) is 0. The van der Waals surface area contributed by atoms with Crippen LogP contribution in [0, 0.1) is 11.7 Å². The highest BCUT2D eigenvalue weighted by Gasteiger charge is 2.77. The molecule has 1 heterocycles. The van der Waals surface area contributed by atoms with Crippen molar-refractivity contribution < 1.29 is 13.2 Å². The maximum atomic E-state index is 14.0. The molecule has 0 bridgehead atoms. The Morgan fingerprint density at radius 3 is 2.68 bits per heavy atom. The number of nitrogen functional groups attached to an aromatic ring is 1. The van der Waals surface area contributed by atoms with Gasteiger partial charge in [0.2, 0.25) is 0 Å². The minimum Gasteiger partial charge on any atom is -0.399 e. The number of benzene rings is 1. The summed E-state index contributed by atoms with van der Waals surface area (Å²) in [5.41, 5.74) is 10.2. The molecular weight excluding hydrogens is 275 g/mol. The Hall–Kier alpha value is -1.37. The van der Waals surface area contributed by atoms with Crippen LogP contribution in [0.1, 0.15) is 12.5 Å². The molecule has 1 fully saturated rings. The molecule has 0 radical (unpaired) electrons. The summed E-state index contributed by atoms with van der Waals surface area (Å²) in [6.45, 7) is 1.48. The summed E-state index contributed by atoms with van der Waals surface area (Å²) in [5.74, 6) is -4.53. The second-order valence-electron chi connectivity index (χ2n) is 5.03. The summed E-state index contributed by atoms with van der Waals surface area (Å²) < 4.78 is 41.5. The first-order chi connectivity index (χ1) is 8.76. The Morgan fingerprint density at radius 2 is 2.00 bits per heavy atom. The summed E-state index contributed by atoms with van der Waals surface area (Å²) in [5, 5.41) is -0.876. The molecule has 0 unspecified atom stereocenters. The van der Waals surface area contributed by atoms with E-state index >= 15 is 0 Å². The monoisotopic (exact) mass is 287 g/mol. The first-order valence-electron chi connectivity index (χ1n) is 5.72. The highest BCUT2D eigenvalue weighted by molar-refractivity contribution is 8.14. The molecule has 0 aromatic heterocycles. The molecule has 2 aliphatic rings. The molecule has 1 aromatic rings. The van der Waals surface area contributed by atoms with Crippen LogP contribution in [0.4, 0.5) is 18.9 Å². The van der Waals surface area contributed by atoms with Gasteiger partial charge in [0, 0.05) is 11.3 Å². The lowest BCUT2D eigenvalue weighted by Gasteiger charge is -2.29. The van der Waals surface area contributed by atoms with Gasteiger partial charge in [-0.25, -0.2) is 13.2 Å². The Kier molecular flexibility index (Phi) is 2.39. The van der Waals surface area contributed by atoms with Crippen LogP contribution >= 0.6 is 11.8 Å². The van der Waals surface area contributed by atoms with Gasteiger partial charge in [-0.15, -0.1) is 0 Å². The molecule has 1 aliphatic carbocycles. The Balaban J connectivity index is 2.16. The van der Waals surface area contributed by atoms with E-state index < -0.39 is 28.4 Å². The van der Waals surface area contributed by atoms with Gasteiger partial charge in [-0.2, -0.15) is 0 Å². The van der Waals surface area contributed by atoms with Crippen LogP contribution in [0.2, 0.25) is 0 Å². The molecule has 19 heavy (non-hydrogen) atoms. The maximum absolute atomic E-state index is 14.0. The average molecular weight is 287 g/mol. The van der Waals surface area contributed by atoms with Crippen LogP contribution in [0.15, 0.2) is 23.2 Å². The number of aliphatic imine (C=N–C) groups is 1. The second kappa shape index (κ2) is 3.59. The summed E-state index contributed by atoms with van der Waals surface area (Å²) in [6, 6.07) is 3.90. The first kappa shape index (κ1) is 12.7. The fraction of sp³-hybridized carbons (Fsp3) is 0.417. The quantitative estimate of drug-likeness (QED) is 0.779. The number of amidine groups is 1. The van der Waals surface area contributed by atoms with Gasteiger partial charge in [-0.05, 0) is 25.1 Å². The van der Waals surface area contributed by atoms with Crippen molar-refractivity contribution >= 4 is 22.6 Å². The third kappa shape index (κ3) is 1.64. The molecule has 1 aromatic carbocycles. The van der Waals surface area contributed by atoms with E-state index in [1.54, 1.807) is 0 Å². The number of rotatable bonds is 1. The predicted molar refractivity (Wildman–Crippen MR) is 69.6 cm³/mol. The van der Waals surface area contributed by atoms with Crippen LogP contribution in [0.3, 0.4) is 0 Å². The van der Waals surface area contributed by atoms with Gasteiger partial charge in [-0.1, -0.05) is 11.8 Å². The van der Waals surface area contributed by atoms with E-state index in [-0.39, 0.29) is 10.7 Å². The zero-order chi connectivity index (χ0) is 14.0. The smallest absolute Gasteiger partial charge is 0.267 e. The van der Waals surface area contributed by atoms with E-state index in [9.17, 15) is 13.2 Å². The number of hydrogen-bond donors (Lipinski definition) is 2. The van der Waals surface area contributed by atoms with Crippen LogP contribution in [0.5, 0.6) is 0 Å². The van der Waals surface area contributed by atoms with Gasteiger partial charge in [-0.3, -0.25) is 4.99 Å². The molecule has 3 nitrogen and oxygen atoms in total. The largest absolute Gasteiger partial charge is 0.399 e. The van der Waals surface area contributed by atoms with Crippen LogP contribution in [0.25, 0.3) is 0 Å². The molecule has 4 N–H and O–H groups in total. The number of alkyl halides is 2. The Bertz CT molecular complexity index is 590. The predicted octanol–water partition coefficient (Wildman–Crippen LogP) is 2.32. The number of thioether (sulfide) groups is 1. The Morgan fingerprint density at radius 1 is 1.32 bits per heavy atom. The van der Waals surface area contributed by atoms with E-state index in [1.165, 1.54) is 25.1 Å². The zero-order valence-corrected chi connectivity index (χ0v) is 10.8. The number of hydrogen-bond acceptors (Lipinski definition) is 4. The standard InChI is InChI=1S/C12H12F3N3S/c1-11(6-4-5(16)2-3-7(6)13)8-9(12(8,14)15)19-10(17)18-11/h2-4,8-9H,16H2,1H3,(H2,17,18)/t8-,9-,11-/m1/s1. The number of anilines is 1. The molecule has 0 saturated heterocycles. The summed E-state index contributed by atoms with van der Waals surface area (Å²) in [7, 11) is 0. The molecule has 3 rings (SSSR count). The van der Waals surface area contributed by atoms with E-state index in [1.807, 2.05) is 0 Å². The molecule has 3 atom stereocenters. The molecule has 0 amide bonds. The zero-order valence-electron chi connectivity index (χ0n) is 10.0. The summed E-state index contributed by atoms with van der Waals surface area (Å²) in [4.78, 5) is 4.09. The molecule has 1 aliphatic heterocycles. The van der Waals surface area contributed by atoms with Gasteiger partial charge in [0.05, 0.1) is 16.7 Å². The van der Waals surface area contributed by atoms with Crippen molar-refractivity contribution in [3.8, 4) is 0 Å². The third-order valence-corrected chi connectivity index (χ3v) is 4.89. The number of nitrogens with two attached hydrogens (primary N) is 2. The number of fused-ring (bicyclic) bond motifs is 1. The van der Waals surface area contributed by atoms with Crippen molar-refractivity contribution in [3.05, 3.63) is 29.6 Å². The number of nitrogens with zero attached hydrogens (tertiary/aromatic N) is 1. The van der Waals surface area contributed by atoms with Crippen molar-refractivity contribution in [3.63, 3.8) is 0 Å². The maximum Gasteiger partial charge on any atom is 0.267 e. The fourth-order valence-electron chi connectivity index (χ4n) is 2.73. The second-order valence-corrected chi connectivity index (χ2v) is 6.19. The molecule has 7 heteroatoms. The summed E-state index contributed by atoms with van der Waals surface area (Å²) >= 11 is 0.853. The van der Waals surface area contributed by atoms with Crippen LogP contribution in [-0.4, -0.2) is 16.3 Å². The van der Waals surface area contributed by atoms with Gasteiger partial charge < -0.3 is 11.5 Å².